The highest BCUT2D eigenvalue weighted by Gasteiger charge is 2.39. The summed E-state index contributed by atoms with van der Waals surface area (Å²) in [5, 5.41) is 8.20. The summed E-state index contributed by atoms with van der Waals surface area (Å²) in [6, 6.07) is 19.6. The summed E-state index contributed by atoms with van der Waals surface area (Å²) >= 11 is 0. The van der Waals surface area contributed by atoms with Crippen molar-refractivity contribution < 1.29 is 35.9 Å². The van der Waals surface area contributed by atoms with Gasteiger partial charge in [0.1, 0.15) is 5.75 Å². The molecule has 4 rings (SSSR count). The van der Waals surface area contributed by atoms with Crippen LogP contribution < -0.4 is 15.2 Å². The number of sulfonamides is 1. The minimum atomic E-state index is -4.43. The van der Waals surface area contributed by atoms with E-state index in [2.05, 4.69) is 5.32 Å². The van der Waals surface area contributed by atoms with E-state index in [9.17, 15) is 31.2 Å². The van der Waals surface area contributed by atoms with Gasteiger partial charge in [-0.05, 0) is 47.7 Å². The maximum atomic E-state index is 13.3. The zero-order valence-corrected chi connectivity index (χ0v) is 23.7. The van der Waals surface area contributed by atoms with Gasteiger partial charge in [0, 0.05) is 37.5 Å². The van der Waals surface area contributed by atoms with E-state index >= 15 is 0 Å². The maximum Gasteiger partial charge on any atom is 0.422 e. The van der Waals surface area contributed by atoms with Gasteiger partial charge in [-0.15, -0.1) is 0 Å². The summed E-state index contributed by atoms with van der Waals surface area (Å²) in [5.41, 5.74) is 2.69. The molecule has 0 bridgehead atoms. The Morgan fingerprint density at radius 3 is 2.21 bits per heavy atom. The first kappa shape index (κ1) is 31.0. The Morgan fingerprint density at radius 1 is 0.952 bits per heavy atom. The molecular weight excluding hydrogens is 571 g/mol. The van der Waals surface area contributed by atoms with Gasteiger partial charge in [0.05, 0.1) is 4.90 Å². The zero-order chi connectivity index (χ0) is 30.5. The quantitative estimate of drug-likeness (QED) is 0.350. The average Bonchev–Trinajstić information content (AvgIpc) is 3.45. The molecule has 0 aromatic heterocycles. The Bertz CT molecular complexity index is 1510. The molecule has 224 valence electrons. The molecular formula is C30H32F3N3O5S. The third-order valence-electron chi connectivity index (χ3n) is 7.22. The summed E-state index contributed by atoms with van der Waals surface area (Å²) in [5.74, 6) is -1.24. The number of carbonyl (C=O) groups excluding carboxylic acids is 2. The number of halogens is 3. The minimum absolute atomic E-state index is 0.0302. The molecule has 1 unspecified atom stereocenters. The fraction of sp³-hybridized carbons (Fsp3) is 0.333. The van der Waals surface area contributed by atoms with E-state index in [0.717, 1.165) is 12.0 Å². The molecule has 2 amide bonds. The van der Waals surface area contributed by atoms with Crippen LogP contribution in [0.1, 0.15) is 30.4 Å². The second kappa shape index (κ2) is 13.0. The van der Waals surface area contributed by atoms with Crippen LogP contribution in [0.15, 0.2) is 77.7 Å². The Hall–Kier alpha value is -3.90. The Balaban J connectivity index is 1.33. The summed E-state index contributed by atoms with van der Waals surface area (Å²) in [6.45, 7) is -0.897. The molecule has 0 aliphatic heterocycles. The van der Waals surface area contributed by atoms with E-state index in [1.54, 1.807) is 54.4 Å². The molecule has 1 fully saturated rings. The van der Waals surface area contributed by atoms with Crippen LogP contribution >= 0.6 is 0 Å². The smallest absolute Gasteiger partial charge is 0.422 e. The Morgan fingerprint density at radius 2 is 1.57 bits per heavy atom. The maximum absolute atomic E-state index is 13.3. The van der Waals surface area contributed by atoms with E-state index in [0.29, 0.717) is 36.1 Å². The highest BCUT2D eigenvalue weighted by atomic mass is 32.2. The molecule has 0 radical (unpaired) electrons. The van der Waals surface area contributed by atoms with Crippen molar-refractivity contribution in [3.63, 3.8) is 0 Å². The predicted octanol–water partition coefficient (Wildman–Crippen LogP) is 4.63. The van der Waals surface area contributed by atoms with Crippen LogP contribution in [0.5, 0.6) is 5.75 Å². The van der Waals surface area contributed by atoms with Crippen molar-refractivity contribution in [1.29, 1.82) is 0 Å². The number of primary sulfonamides is 1. The van der Waals surface area contributed by atoms with Crippen molar-refractivity contribution in [2.45, 2.75) is 43.4 Å². The third-order valence-corrected chi connectivity index (χ3v) is 8.19. The third kappa shape index (κ3) is 8.10. The number of rotatable bonds is 10. The van der Waals surface area contributed by atoms with Gasteiger partial charge in [-0.3, -0.25) is 9.59 Å². The predicted molar refractivity (Wildman–Crippen MR) is 150 cm³/mol. The van der Waals surface area contributed by atoms with Crippen molar-refractivity contribution in [2.75, 3.05) is 13.7 Å². The number of nitrogens with one attached hydrogen (secondary N) is 1. The number of nitrogens with two attached hydrogens (primary N) is 1. The van der Waals surface area contributed by atoms with E-state index < -0.39 is 34.6 Å². The van der Waals surface area contributed by atoms with Gasteiger partial charge in [0.15, 0.2) is 6.61 Å². The number of hydrogen-bond acceptors (Lipinski definition) is 5. The lowest BCUT2D eigenvalue weighted by molar-refractivity contribution is -0.153. The van der Waals surface area contributed by atoms with Gasteiger partial charge in [-0.1, -0.05) is 61.0 Å². The molecule has 3 N–H and O–H groups in total. The number of alkyl halides is 3. The van der Waals surface area contributed by atoms with Crippen LogP contribution in [0.2, 0.25) is 0 Å². The van der Waals surface area contributed by atoms with E-state index in [-0.39, 0.29) is 29.0 Å². The lowest BCUT2D eigenvalue weighted by atomic mass is 9.93. The molecule has 3 aromatic carbocycles. The second-order valence-electron chi connectivity index (χ2n) is 10.3. The zero-order valence-electron chi connectivity index (χ0n) is 22.9. The number of nitrogens with zero attached hydrogens (tertiary/aromatic N) is 1. The largest absolute Gasteiger partial charge is 0.484 e. The Kier molecular flexibility index (Phi) is 9.57. The van der Waals surface area contributed by atoms with Crippen molar-refractivity contribution in [1.82, 2.24) is 10.2 Å². The number of hydrogen-bond donors (Lipinski definition) is 2. The Labute approximate surface area is 242 Å². The van der Waals surface area contributed by atoms with E-state index in [4.69, 9.17) is 9.88 Å². The van der Waals surface area contributed by atoms with Gasteiger partial charge >= 0.3 is 6.18 Å². The van der Waals surface area contributed by atoms with Crippen LogP contribution in [0.4, 0.5) is 13.2 Å². The standard InChI is InChI=1S/C30H32F3N3O5S/c1-36(18-21-9-13-22(14-10-21)24-5-2-3-8-27(24)42(34,39)40)29(38)26-7-4-6-25(26)28(37)35-17-20-11-15-23(16-12-20)41-19-30(31,32)33/h2-3,5,8-16,25-26H,4,6-7,17-19H2,1H3,(H,35,37)(H2,34,39,40)/t25-,26?/m1/s1. The molecule has 1 saturated carbocycles. The molecule has 1 aliphatic carbocycles. The highest BCUT2D eigenvalue weighted by molar-refractivity contribution is 7.89. The summed E-state index contributed by atoms with van der Waals surface area (Å²) in [6.07, 6.45) is -2.51. The number of benzene rings is 3. The summed E-state index contributed by atoms with van der Waals surface area (Å²) < 4.78 is 65.6. The lowest BCUT2D eigenvalue weighted by Gasteiger charge is -2.25. The average molecular weight is 604 g/mol. The molecule has 12 heteroatoms. The van der Waals surface area contributed by atoms with Crippen LogP contribution in [0, 0.1) is 11.8 Å². The van der Waals surface area contributed by atoms with Crippen molar-refractivity contribution in [3.8, 4) is 16.9 Å². The van der Waals surface area contributed by atoms with Crippen molar-refractivity contribution >= 4 is 21.8 Å². The van der Waals surface area contributed by atoms with Crippen molar-refractivity contribution in [3.05, 3.63) is 83.9 Å². The molecule has 8 nitrogen and oxygen atoms in total. The molecule has 0 saturated heterocycles. The SMILES string of the molecule is CN(Cc1ccc(-c2ccccc2S(N)(=O)=O)cc1)C(=O)C1CCC[C@H]1C(=O)NCc1ccc(OCC(F)(F)F)cc1. The number of carbonyl (C=O) groups is 2. The topological polar surface area (TPSA) is 119 Å². The van der Waals surface area contributed by atoms with Gasteiger partial charge in [0.2, 0.25) is 21.8 Å². The molecule has 0 spiro atoms. The van der Waals surface area contributed by atoms with Gasteiger partial charge in [-0.2, -0.15) is 13.2 Å². The molecule has 0 heterocycles. The van der Waals surface area contributed by atoms with Crippen LogP contribution in [-0.2, 0) is 32.7 Å². The van der Waals surface area contributed by atoms with E-state index in [1.807, 2.05) is 12.1 Å². The molecule has 1 aliphatic rings. The fourth-order valence-electron chi connectivity index (χ4n) is 5.14. The first-order valence-corrected chi connectivity index (χ1v) is 14.9. The molecule has 2 atom stereocenters. The van der Waals surface area contributed by atoms with Gasteiger partial charge < -0.3 is 15.0 Å². The fourth-order valence-corrected chi connectivity index (χ4v) is 5.90. The number of ether oxygens (including phenoxy) is 1. The lowest BCUT2D eigenvalue weighted by Crippen LogP contribution is -2.40. The highest BCUT2D eigenvalue weighted by Crippen LogP contribution is 2.34. The normalized spacial score (nSPS) is 17.1. The summed E-state index contributed by atoms with van der Waals surface area (Å²) in [4.78, 5) is 27.9. The first-order valence-electron chi connectivity index (χ1n) is 13.3. The number of amides is 2. The van der Waals surface area contributed by atoms with Crippen molar-refractivity contribution in [2.24, 2.45) is 17.0 Å². The summed E-state index contributed by atoms with van der Waals surface area (Å²) in [7, 11) is -2.21. The van der Waals surface area contributed by atoms with Gasteiger partial charge in [-0.25, -0.2) is 13.6 Å². The van der Waals surface area contributed by atoms with Crippen LogP contribution in [0.25, 0.3) is 11.1 Å². The van der Waals surface area contributed by atoms with E-state index in [1.165, 1.54) is 18.2 Å². The van der Waals surface area contributed by atoms with Gasteiger partial charge in [0.25, 0.3) is 0 Å². The van der Waals surface area contributed by atoms with Crippen LogP contribution in [0.3, 0.4) is 0 Å². The van der Waals surface area contributed by atoms with Crippen LogP contribution in [-0.4, -0.2) is 45.0 Å². The molecule has 3 aromatic rings. The first-order chi connectivity index (χ1) is 19.8. The molecule has 42 heavy (non-hydrogen) atoms. The second-order valence-corrected chi connectivity index (χ2v) is 11.9. The monoisotopic (exact) mass is 603 g/mol. The minimum Gasteiger partial charge on any atom is -0.484 e.